The molecule has 0 amide bonds. The molecule has 0 fully saturated rings. The zero-order valence-corrected chi connectivity index (χ0v) is 28.7. The Bertz CT molecular complexity index is 3040. The summed E-state index contributed by atoms with van der Waals surface area (Å²) in [5.41, 5.74) is 12.5. The molecule has 0 atom stereocenters. The summed E-state index contributed by atoms with van der Waals surface area (Å²) in [5, 5.41) is 8.78. The van der Waals surface area contributed by atoms with Crippen molar-refractivity contribution in [2.24, 2.45) is 0 Å². The van der Waals surface area contributed by atoms with E-state index in [1.807, 2.05) is 0 Å². The average molecular weight is 674 g/mol. The lowest BCUT2D eigenvalue weighted by Gasteiger charge is -2.32. The maximum atomic E-state index is 4.93. The van der Waals surface area contributed by atoms with Gasteiger partial charge in [-0.05, 0) is 114 Å². The van der Waals surface area contributed by atoms with Gasteiger partial charge in [0, 0.05) is 11.3 Å². The summed E-state index contributed by atoms with van der Waals surface area (Å²) in [6.45, 7) is 0. The van der Waals surface area contributed by atoms with Gasteiger partial charge < -0.3 is 0 Å². The molecule has 0 unspecified atom stereocenters. The Kier molecular flexibility index (Phi) is 6.55. The molecule has 10 aromatic rings. The minimum Gasteiger partial charge on any atom is -0.294 e. The fraction of sp³-hybridized carbons (Fsp3) is 0. The van der Waals surface area contributed by atoms with Gasteiger partial charge >= 0.3 is 0 Å². The van der Waals surface area contributed by atoms with Gasteiger partial charge in [-0.25, -0.2) is 9.97 Å². The topological polar surface area (TPSA) is 29.0 Å². The minimum atomic E-state index is 0.894. The third kappa shape index (κ3) is 4.68. The third-order valence-corrected chi connectivity index (χ3v) is 10.8. The molecule has 1 aliphatic rings. The molecule has 0 saturated heterocycles. The first-order valence-electron chi connectivity index (χ1n) is 18.1. The van der Waals surface area contributed by atoms with Crippen molar-refractivity contribution in [2.45, 2.75) is 0 Å². The number of rotatable bonds is 4. The van der Waals surface area contributed by atoms with Crippen LogP contribution in [0.4, 0.5) is 17.2 Å². The van der Waals surface area contributed by atoms with E-state index in [1.165, 1.54) is 60.1 Å². The summed E-state index contributed by atoms with van der Waals surface area (Å²) in [5.74, 6) is 0.894. The highest BCUT2D eigenvalue weighted by atomic mass is 15.2. The van der Waals surface area contributed by atoms with Crippen molar-refractivity contribution in [1.29, 1.82) is 0 Å². The van der Waals surface area contributed by atoms with Crippen LogP contribution in [0.25, 0.3) is 87.7 Å². The Labute approximate surface area is 307 Å². The Morgan fingerprint density at radius 3 is 1.68 bits per heavy atom. The van der Waals surface area contributed by atoms with E-state index in [2.05, 4.69) is 187 Å². The number of aromatic nitrogens is 2. The van der Waals surface area contributed by atoms with Crippen LogP contribution in [0.5, 0.6) is 0 Å². The number of hydrogen-bond acceptors (Lipinski definition) is 3. The molecule has 2 heterocycles. The molecule has 1 aliphatic heterocycles. The van der Waals surface area contributed by atoms with E-state index >= 15 is 0 Å². The van der Waals surface area contributed by atoms with Crippen molar-refractivity contribution < 1.29 is 0 Å². The quantitative estimate of drug-likeness (QED) is 0.174. The van der Waals surface area contributed by atoms with Gasteiger partial charge in [0.25, 0.3) is 0 Å². The van der Waals surface area contributed by atoms with Crippen LogP contribution in [-0.2, 0) is 0 Å². The van der Waals surface area contributed by atoms with Gasteiger partial charge in [0.2, 0.25) is 0 Å². The molecule has 0 N–H and O–H groups in total. The van der Waals surface area contributed by atoms with Crippen LogP contribution >= 0.6 is 0 Å². The molecule has 0 spiro atoms. The molecule has 3 heteroatoms. The molecule has 0 radical (unpaired) electrons. The highest BCUT2D eigenvalue weighted by Crippen LogP contribution is 2.51. The Morgan fingerprint density at radius 2 is 0.925 bits per heavy atom. The zero-order chi connectivity index (χ0) is 34.9. The largest absolute Gasteiger partial charge is 0.294 e. The summed E-state index contributed by atoms with van der Waals surface area (Å²) in [7, 11) is 0. The Morgan fingerprint density at radius 1 is 0.340 bits per heavy atom. The molecule has 53 heavy (non-hydrogen) atoms. The number of fused-ring (bicyclic) bond motifs is 8. The summed E-state index contributed by atoms with van der Waals surface area (Å²) < 4.78 is 0. The highest BCUT2D eigenvalue weighted by molar-refractivity contribution is 6.25. The van der Waals surface area contributed by atoms with Crippen molar-refractivity contribution in [3.8, 4) is 44.5 Å². The highest BCUT2D eigenvalue weighted by Gasteiger charge is 2.28. The summed E-state index contributed by atoms with van der Waals surface area (Å²) in [6.07, 6.45) is 1.69. The summed E-state index contributed by atoms with van der Waals surface area (Å²) in [4.78, 5) is 12.0. The lowest BCUT2D eigenvalue weighted by molar-refractivity contribution is 1.14. The van der Waals surface area contributed by atoms with Gasteiger partial charge in [-0.1, -0.05) is 140 Å². The van der Waals surface area contributed by atoms with E-state index < -0.39 is 0 Å². The zero-order valence-electron chi connectivity index (χ0n) is 28.7. The molecule has 0 saturated carbocycles. The van der Waals surface area contributed by atoms with Crippen LogP contribution in [0.15, 0.2) is 188 Å². The predicted molar refractivity (Wildman–Crippen MR) is 222 cm³/mol. The van der Waals surface area contributed by atoms with Crippen molar-refractivity contribution in [3.63, 3.8) is 0 Å². The van der Waals surface area contributed by atoms with Crippen LogP contribution in [0.3, 0.4) is 0 Å². The minimum absolute atomic E-state index is 0.894. The lowest BCUT2D eigenvalue weighted by Crippen LogP contribution is -2.17. The first kappa shape index (κ1) is 29.6. The van der Waals surface area contributed by atoms with Gasteiger partial charge in [0.1, 0.15) is 12.1 Å². The number of hydrogen-bond donors (Lipinski definition) is 0. The van der Waals surface area contributed by atoms with Gasteiger partial charge in [-0.2, -0.15) is 0 Å². The number of nitrogens with zero attached hydrogens (tertiary/aromatic N) is 3. The first-order chi connectivity index (χ1) is 26.3. The second-order valence-corrected chi connectivity index (χ2v) is 13.8. The molecule has 0 bridgehead atoms. The van der Waals surface area contributed by atoms with E-state index in [-0.39, 0.29) is 0 Å². The summed E-state index contributed by atoms with van der Waals surface area (Å²) >= 11 is 0. The molecule has 1 aromatic heterocycles. The second-order valence-electron chi connectivity index (χ2n) is 13.8. The fourth-order valence-corrected chi connectivity index (χ4v) is 8.42. The number of benzene rings is 9. The predicted octanol–water partition coefficient (Wildman–Crippen LogP) is 13.5. The van der Waals surface area contributed by atoms with E-state index in [9.17, 15) is 0 Å². The molecular weight excluding hydrogens is 643 g/mol. The maximum absolute atomic E-state index is 4.93. The van der Waals surface area contributed by atoms with Crippen LogP contribution in [0.2, 0.25) is 0 Å². The molecule has 3 nitrogen and oxygen atoms in total. The first-order valence-corrected chi connectivity index (χ1v) is 18.1. The van der Waals surface area contributed by atoms with Crippen LogP contribution in [0, 0.1) is 0 Å². The van der Waals surface area contributed by atoms with Crippen molar-refractivity contribution in [3.05, 3.63) is 188 Å². The molecule has 9 aromatic carbocycles. The molecule has 11 rings (SSSR count). The Hall–Kier alpha value is -7.10. The maximum Gasteiger partial charge on any atom is 0.149 e. The average Bonchev–Trinajstić information content (AvgIpc) is 3.24. The van der Waals surface area contributed by atoms with Crippen molar-refractivity contribution in [1.82, 2.24) is 9.97 Å². The lowest BCUT2D eigenvalue weighted by atomic mass is 9.90. The molecule has 0 aliphatic carbocycles. The monoisotopic (exact) mass is 673 g/mol. The van der Waals surface area contributed by atoms with Gasteiger partial charge in [0.05, 0.1) is 16.6 Å². The van der Waals surface area contributed by atoms with Gasteiger partial charge in [-0.15, -0.1) is 0 Å². The molecular formula is C50H31N3. The third-order valence-electron chi connectivity index (χ3n) is 10.8. The van der Waals surface area contributed by atoms with E-state index in [0.29, 0.717) is 0 Å². The number of para-hydroxylation sites is 1. The Balaban J connectivity index is 1.03. The smallest absolute Gasteiger partial charge is 0.149 e. The second kappa shape index (κ2) is 11.7. The van der Waals surface area contributed by atoms with E-state index in [1.54, 1.807) is 6.33 Å². The fourth-order valence-electron chi connectivity index (χ4n) is 8.42. The van der Waals surface area contributed by atoms with Gasteiger partial charge in [-0.3, -0.25) is 4.90 Å². The van der Waals surface area contributed by atoms with Crippen LogP contribution in [-0.4, -0.2) is 9.97 Å². The standard InChI is InChI=1S/C50H31N3/c1-2-12-32(13-3-1)37-29-46-44-22-8-9-23-48(44)53(50-49(46)47(30-37)51-31-52-50)38-17-11-16-35(27-38)33-14-10-15-34(26-33)36-24-25-43-41-20-5-4-18-39(41)40-19-6-7-21-42(40)45(43)28-36/h1-31H. The van der Waals surface area contributed by atoms with E-state index in [0.717, 1.165) is 44.8 Å². The summed E-state index contributed by atoms with van der Waals surface area (Å²) in [6, 6.07) is 65.8. The van der Waals surface area contributed by atoms with Gasteiger partial charge in [0.15, 0.2) is 0 Å². The van der Waals surface area contributed by atoms with Crippen LogP contribution in [0.1, 0.15) is 0 Å². The number of anilines is 3. The van der Waals surface area contributed by atoms with Crippen molar-refractivity contribution in [2.75, 3.05) is 4.90 Å². The van der Waals surface area contributed by atoms with E-state index in [4.69, 9.17) is 9.97 Å². The SMILES string of the molecule is c1ccc(-c2cc3c4c(ncnc4c2)N(c2cccc(-c4cccc(-c5ccc6c7ccccc7c7ccccc7c6c5)c4)c2)c2ccccc2-3)cc1. The van der Waals surface area contributed by atoms with Crippen LogP contribution < -0.4 is 4.90 Å². The molecule has 246 valence electrons. The normalized spacial score (nSPS) is 12.1. The van der Waals surface area contributed by atoms with Crippen molar-refractivity contribution >= 4 is 60.4 Å².